The number of nitrogens with one attached hydrogen (secondary N) is 2. The highest BCUT2D eigenvalue weighted by molar-refractivity contribution is 5.96. The first-order chi connectivity index (χ1) is 13.3. The van der Waals surface area contributed by atoms with E-state index in [4.69, 9.17) is 0 Å². The Morgan fingerprint density at radius 2 is 1.89 bits per heavy atom. The second kappa shape index (κ2) is 7.31. The molecule has 0 fully saturated rings. The van der Waals surface area contributed by atoms with Gasteiger partial charge in [0.15, 0.2) is 5.69 Å². The monoisotopic (exact) mass is 385 g/mol. The number of H-pyrrole nitrogens is 1. The van der Waals surface area contributed by atoms with E-state index in [1.807, 2.05) is 0 Å². The summed E-state index contributed by atoms with van der Waals surface area (Å²) in [5.74, 6) is -2.71. The average Bonchev–Trinajstić information content (AvgIpc) is 3.06. The Kier molecular flexibility index (Phi) is 4.90. The molecule has 0 aliphatic carbocycles. The van der Waals surface area contributed by atoms with Gasteiger partial charge in [0.25, 0.3) is 11.7 Å². The summed E-state index contributed by atoms with van der Waals surface area (Å²) in [7, 11) is 1.28. The van der Waals surface area contributed by atoms with Crippen LogP contribution in [0.5, 0.6) is 0 Å². The third-order valence-corrected chi connectivity index (χ3v) is 3.97. The van der Waals surface area contributed by atoms with Gasteiger partial charge in [0.05, 0.1) is 18.7 Å². The molecule has 3 N–H and O–H groups in total. The number of amides is 1. The molecule has 0 unspecified atom stereocenters. The van der Waals surface area contributed by atoms with E-state index in [0.717, 1.165) is 10.6 Å². The maximum Gasteiger partial charge on any atom is 0.363 e. The molecular weight excluding hydrogens is 370 g/mol. The van der Waals surface area contributed by atoms with Crippen LogP contribution in [0, 0.1) is 0 Å². The van der Waals surface area contributed by atoms with Gasteiger partial charge < -0.3 is 15.2 Å². The lowest BCUT2D eigenvalue weighted by Gasteiger charge is -2.14. The fraction of sp³-hybridized carbons (Fsp3) is 0.176. The Hall–Kier alpha value is -4.02. The molecular formula is C17H15N5O6. The van der Waals surface area contributed by atoms with E-state index in [0.29, 0.717) is 11.1 Å². The Morgan fingerprint density at radius 1 is 1.21 bits per heavy atom. The van der Waals surface area contributed by atoms with Crippen molar-refractivity contribution in [3.05, 3.63) is 63.3 Å². The highest BCUT2D eigenvalue weighted by Crippen LogP contribution is 2.15. The summed E-state index contributed by atoms with van der Waals surface area (Å²) in [6, 6.07) is 7.01. The van der Waals surface area contributed by atoms with Gasteiger partial charge in [-0.2, -0.15) is 4.98 Å². The predicted octanol–water partition coefficient (Wildman–Crippen LogP) is 0.393. The molecule has 144 valence electrons. The summed E-state index contributed by atoms with van der Waals surface area (Å²) in [5, 5.41) is 14.2. The molecule has 0 aliphatic rings. The van der Waals surface area contributed by atoms with Gasteiger partial charge in [-0.05, 0) is 24.6 Å². The molecule has 0 spiro atoms. The largest absolute Gasteiger partial charge is 0.477 e. The molecule has 0 aliphatic heterocycles. The zero-order valence-electron chi connectivity index (χ0n) is 14.8. The van der Waals surface area contributed by atoms with Crippen molar-refractivity contribution in [2.45, 2.75) is 13.0 Å². The Balaban J connectivity index is 1.85. The summed E-state index contributed by atoms with van der Waals surface area (Å²) in [5.41, 5.74) is -0.281. The summed E-state index contributed by atoms with van der Waals surface area (Å²) < 4.78 is 5.51. The topological polar surface area (TPSA) is 156 Å². The Labute approximate surface area is 157 Å². The maximum atomic E-state index is 12.5. The lowest BCUT2D eigenvalue weighted by Crippen LogP contribution is -2.28. The molecule has 0 saturated heterocycles. The van der Waals surface area contributed by atoms with Crippen molar-refractivity contribution >= 4 is 23.6 Å². The summed E-state index contributed by atoms with van der Waals surface area (Å²) in [4.78, 5) is 54.2. The minimum Gasteiger partial charge on any atom is -0.477 e. The van der Waals surface area contributed by atoms with Crippen molar-refractivity contribution in [3.8, 4) is 0 Å². The second-order valence-corrected chi connectivity index (χ2v) is 5.80. The Morgan fingerprint density at radius 3 is 2.50 bits per heavy atom. The van der Waals surface area contributed by atoms with Gasteiger partial charge in [0.2, 0.25) is 0 Å². The van der Waals surface area contributed by atoms with Gasteiger partial charge in [-0.1, -0.05) is 12.1 Å². The van der Waals surface area contributed by atoms with Gasteiger partial charge in [0.1, 0.15) is 5.69 Å². The van der Waals surface area contributed by atoms with E-state index in [2.05, 4.69) is 25.1 Å². The quantitative estimate of drug-likeness (QED) is 0.533. The molecule has 1 aromatic carbocycles. The van der Waals surface area contributed by atoms with Gasteiger partial charge in [-0.15, -0.1) is 0 Å². The number of carboxylic acid groups (broad SMARTS) is 1. The van der Waals surface area contributed by atoms with E-state index in [9.17, 15) is 24.3 Å². The number of nitrogens with zero attached hydrogens (tertiary/aromatic N) is 3. The van der Waals surface area contributed by atoms with Crippen LogP contribution in [0.3, 0.4) is 0 Å². The number of carboxylic acids is 1. The number of ether oxygens (including phenoxy) is 1. The highest BCUT2D eigenvalue weighted by atomic mass is 16.5. The smallest absolute Gasteiger partial charge is 0.363 e. The molecule has 2 aromatic heterocycles. The number of aromatic nitrogens is 4. The number of hydrogen-bond acceptors (Lipinski definition) is 7. The zero-order chi connectivity index (χ0) is 20.4. The van der Waals surface area contributed by atoms with Crippen LogP contribution in [0.4, 0.5) is 0 Å². The van der Waals surface area contributed by atoms with Crippen LogP contribution < -0.4 is 11.0 Å². The fourth-order valence-electron chi connectivity index (χ4n) is 2.54. The summed E-state index contributed by atoms with van der Waals surface area (Å²) >= 11 is 0. The average molecular weight is 385 g/mol. The van der Waals surface area contributed by atoms with E-state index >= 15 is 0 Å². The SMILES string of the molecule is COC(=O)c1ccc([C@@H](C)NC(=O)c2cc(C(=O)O)n3[nH]c(=O)nc3n2)cc1. The standard InChI is InChI=1S/C17H15N5O6/c1-8(9-3-5-10(6-4-9)15(26)28-2)18-13(23)11-7-12(14(24)25)22-16(19-11)20-17(27)21-22/h3-8H,1-2H3,(H,18,23)(H,21,27)(H,24,25)/t8-/m1/s1. The molecule has 3 aromatic rings. The van der Waals surface area contributed by atoms with Crippen LogP contribution in [0.25, 0.3) is 5.78 Å². The molecule has 3 rings (SSSR count). The van der Waals surface area contributed by atoms with Crippen LogP contribution in [-0.4, -0.2) is 49.6 Å². The van der Waals surface area contributed by atoms with E-state index in [1.54, 1.807) is 31.2 Å². The van der Waals surface area contributed by atoms with Crippen molar-refractivity contribution in [3.63, 3.8) is 0 Å². The number of rotatable bonds is 5. The number of esters is 1. The third kappa shape index (κ3) is 3.58. The van der Waals surface area contributed by atoms with Gasteiger partial charge in [0, 0.05) is 6.07 Å². The number of carbonyl (C=O) groups is 3. The lowest BCUT2D eigenvalue weighted by molar-refractivity contribution is 0.0599. The van der Waals surface area contributed by atoms with Crippen molar-refractivity contribution < 1.29 is 24.2 Å². The third-order valence-electron chi connectivity index (χ3n) is 3.97. The molecule has 11 nitrogen and oxygen atoms in total. The molecule has 0 radical (unpaired) electrons. The first-order valence-corrected chi connectivity index (χ1v) is 8.02. The molecule has 1 atom stereocenters. The normalized spacial score (nSPS) is 11.8. The fourth-order valence-corrected chi connectivity index (χ4v) is 2.54. The molecule has 0 saturated carbocycles. The van der Waals surface area contributed by atoms with Crippen molar-refractivity contribution in [2.75, 3.05) is 7.11 Å². The molecule has 1 amide bonds. The van der Waals surface area contributed by atoms with Crippen LogP contribution >= 0.6 is 0 Å². The molecule has 28 heavy (non-hydrogen) atoms. The maximum absolute atomic E-state index is 12.5. The van der Waals surface area contributed by atoms with Crippen LogP contribution in [-0.2, 0) is 4.74 Å². The van der Waals surface area contributed by atoms with Crippen molar-refractivity contribution in [2.24, 2.45) is 0 Å². The van der Waals surface area contributed by atoms with Gasteiger partial charge in [-0.25, -0.2) is 29.0 Å². The van der Waals surface area contributed by atoms with Crippen molar-refractivity contribution in [1.29, 1.82) is 0 Å². The predicted molar refractivity (Wildman–Crippen MR) is 94.2 cm³/mol. The van der Waals surface area contributed by atoms with Crippen molar-refractivity contribution in [1.82, 2.24) is 24.9 Å². The first-order valence-electron chi connectivity index (χ1n) is 8.02. The van der Waals surface area contributed by atoms with E-state index < -0.39 is 29.6 Å². The number of fused-ring (bicyclic) bond motifs is 1. The van der Waals surface area contributed by atoms with Crippen LogP contribution in [0.1, 0.15) is 49.9 Å². The van der Waals surface area contributed by atoms with Gasteiger partial charge in [-0.3, -0.25) is 4.79 Å². The van der Waals surface area contributed by atoms with E-state index in [-0.39, 0.29) is 17.2 Å². The molecule has 11 heteroatoms. The van der Waals surface area contributed by atoms with E-state index in [1.165, 1.54) is 7.11 Å². The number of benzene rings is 1. The van der Waals surface area contributed by atoms with Gasteiger partial charge >= 0.3 is 17.6 Å². The number of aromatic carboxylic acids is 1. The number of carbonyl (C=O) groups excluding carboxylic acids is 2. The Bertz CT molecular complexity index is 1130. The zero-order valence-corrected chi connectivity index (χ0v) is 14.8. The lowest BCUT2D eigenvalue weighted by atomic mass is 10.1. The summed E-state index contributed by atoms with van der Waals surface area (Å²) in [6.45, 7) is 1.71. The number of methoxy groups -OCH3 is 1. The minimum atomic E-state index is -1.36. The highest BCUT2D eigenvalue weighted by Gasteiger charge is 2.19. The minimum absolute atomic E-state index is 0.207. The molecule has 2 heterocycles. The van der Waals surface area contributed by atoms with Crippen LogP contribution in [0.15, 0.2) is 35.1 Å². The number of aromatic amines is 1. The van der Waals surface area contributed by atoms with Crippen LogP contribution in [0.2, 0.25) is 0 Å². The number of hydrogen-bond donors (Lipinski definition) is 3. The second-order valence-electron chi connectivity index (χ2n) is 5.80. The first kappa shape index (κ1) is 18.8. The summed E-state index contributed by atoms with van der Waals surface area (Å²) in [6.07, 6.45) is 0. The molecule has 0 bridgehead atoms.